The Bertz CT molecular complexity index is 444. The third-order valence-electron chi connectivity index (χ3n) is 3.56. The van der Waals surface area contributed by atoms with Crippen molar-refractivity contribution >= 4 is 23.2 Å². The van der Waals surface area contributed by atoms with Gasteiger partial charge < -0.3 is 15.5 Å². The van der Waals surface area contributed by atoms with E-state index in [9.17, 15) is 4.79 Å². The fourth-order valence-corrected chi connectivity index (χ4v) is 2.54. The Labute approximate surface area is 119 Å². The van der Waals surface area contributed by atoms with Gasteiger partial charge in [0, 0.05) is 38.6 Å². The van der Waals surface area contributed by atoms with Crippen molar-refractivity contribution in [3.63, 3.8) is 0 Å². The van der Waals surface area contributed by atoms with Gasteiger partial charge in [-0.15, -0.1) is 0 Å². The first-order chi connectivity index (χ1) is 9.13. The highest BCUT2D eigenvalue weighted by Crippen LogP contribution is 2.26. The van der Waals surface area contributed by atoms with Crippen molar-refractivity contribution in [2.75, 3.05) is 37.6 Å². The zero-order valence-electron chi connectivity index (χ0n) is 11.2. The van der Waals surface area contributed by atoms with Gasteiger partial charge in [0.1, 0.15) is 0 Å². The lowest BCUT2D eigenvalue weighted by Gasteiger charge is -2.37. The first-order valence-corrected chi connectivity index (χ1v) is 6.99. The molecule has 104 valence electrons. The second-order valence-corrected chi connectivity index (χ2v) is 5.31. The molecule has 1 heterocycles. The van der Waals surface area contributed by atoms with Gasteiger partial charge in [-0.05, 0) is 12.1 Å². The van der Waals surface area contributed by atoms with Gasteiger partial charge in [0.2, 0.25) is 5.91 Å². The molecule has 19 heavy (non-hydrogen) atoms. The van der Waals surface area contributed by atoms with E-state index in [4.69, 9.17) is 17.3 Å². The number of carbonyl (C=O) groups excluding carboxylic acids is 1. The van der Waals surface area contributed by atoms with E-state index in [0.29, 0.717) is 6.54 Å². The second-order valence-electron chi connectivity index (χ2n) is 4.90. The molecular weight excluding hydrogens is 262 g/mol. The van der Waals surface area contributed by atoms with Crippen LogP contribution < -0.4 is 10.6 Å². The van der Waals surface area contributed by atoms with Crippen molar-refractivity contribution < 1.29 is 4.79 Å². The van der Waals surface area contributed by atoms with Gasteiger partial charge in [-0.25, -0.2) is 0 Å². The molecule has 0 spiro atoms. The molecule has 1 atom stereocenters. The van der Waals surface area contributed by atoms with Crippen molar-refractivity contribution in [3.8, 4) is 0 Å². The van der Waals surface area contributed by atoms with Crippen LogP contribution in [0.2, 0.25) is 5.02 Å². The summed E-state index contributed by atoms with van der Waals surface area (Å²) >= 11 is 6.19. The van der Waals surface area contributed by atoms with Gasteiger partial charge in [0.15, 0.2) is 0 Å². The number of benzene rings is 1. The Kier molecular flexibility index (Phi) is 4.66. The van der Waals surface area contributed by atoms with Crippen molar-refractivity contribution in [1.29, 1.82) is 0 Å². The highest BCUT2D eigenvalue weighted by Gasteiger charge is 2.24. The summed E-state index contributed by atoms with van der Waals surface area (Å²) in [6, 6.07) is 7.82. The monoisotopic (exact) mass is 281 g/mol. The molecular formula is C14H20ClN3O. The first kappa shape index (κ1) is 14.2. The van der Waals surface area contributed by atoms with Gasteiger partial charge >= 0.3 is 0 Å². The SMILES string of the molecule is CC(CN)C(=O)N1CCN(c2ccccc2Cl)CC1. The Hall–Kier alpha value is -1.26. The molecule has 4 nitrogen and oxygen atoms in total. The molecule has 0 radical (unpaired) electrons. The minimum Gasteiger partial charge on any atom is -0.367 e. The zero-order valence-corrected chi connectivity index (χ0v) is 11.9. The van der Waals surface area contributed by atoms with Crippen LogP contribution in [0.5, 0.6) is 0 Å². The highest BCUT2D eigenvalue weighted by molar-refractivity contribution is 6.33. The summed E-state index contributed by atoms with van der Waals surface area (Å²) in [5.74, 6) is 0.0631. The van der Waals surface area contributed by atoms with Crippen LogP contribution >= 0.6 is 11.6 Å². The quantitative estimate of drug-likeness (QED) is 0.915. The third-order valence-corrected chi connectivity index (χ3v) is 3.88. The third kappa shape index (κ3) is 3.19. The summed E-state index contributed by atoms with van der Waals surface area (Å²) in [5.41, 5.74) is 6.59. The van der Waals surface area contributed by atoms with E-state index in [0.717, 1.165) is 36.9 Å². The van der Waals surface area contributed by atoms with Crippen LogP contribution in [0.3, 0.4) is 0 Å². The molecule has 1 amide bonds. The molecule has 2 rings (SSSR count). The molecule has 0 aliphatic carbocycles. The van der Waals surface area contributed by atoms with Crippen LogP contribution in [-0.4, -0.2) is 43.5 Å². The van der Waals surface area contributed by atoms with Gasteiger partial charge in [-0.1, -0.05) is 30.7 Å². The molecule has 1 aromatic carbocycles. The molecule has 1 aliphatic rings. The predicted molar refractivity (Wildman–Crippen MR) is 78.5 cm³/mol. The van der Waals surface area contributed by atoms with E-state index >= 15 is 0 Å². The molecule has 0 aromatic heterocycles. The molecule has 1 aromatic rings. The fraction of sp³-hybridized carbons (Fsp3) is 0.500. The summed E-state index contributed by atoms with van der Waals surface area (Å²) in [5, 5.41) is 0.762. The topological polar surface area (TPSA) is 49.6 Å². The number of rotatable bonds is 3. The lowest BCUT2D eigenvalue weighted by molar-refractivity contribution is -0.134. The Morgan fingerprint density at radius 3 is 2.53 bits per heavy atom. The van der Waals surface area contributed by atoms with Crippen molar-refractivity contribution in [1.82, 2.24) is 4.90 Å². The van der Waals surface area contributed by atoms with Crippen LogP contribution in [0.1, 0.15) is 6.92 Å². The first-order valence-electron chi connectivity index (χ1n) is 6.62. The van der Waals surface area contributed by atoms with E-state index < -0.39 is 0 Å². The number of hydrogen-bond acceptors (Lipinski definition) is 3. The molecule has 0 bridgehead atoms. The van der Waals surface area contributed by atoms with Crippen LogP contribution in [0.4, 0.5) is 5.69 Å². The molecule has 5 heteroatoms. The maximum absolute atomic E-state index is 12.0. The summed E-state index contributed by atoms with van der Waals surface area (Å²) in [4.78, 5) is 16.2. The summed E-state index contributed by atoms with van der Waals surface area (Å²) in [6.07, 6.45) is 0. The van der Waals surface area contributed by atoms with E-state index in [1.54, 1.807) is 0 Å². The number of carbonyl (C=O) groups is 1. The number of amides is 1. The largest absolute Gasteiger partial charge is 0.367 e. The van der Waals surface area contributed by atoms with Crippen molar-refractivity contribution in [3.05, 3.63) is 29.3 Å². The van der Waals surface area contributed by atoms with Gasteiger partial charge in [0.25, 0.3) is 0 Å². The standard InChI is InChI=1S/C14H20ClN3O/c1-11(10-16)14(19)18-8-6-17(7-9-18)13-5-3-2-4-12(13)15/h2-5,11H,6-10,16H2,1H3. The van der Waals surface area contributed by atoms with E-state index in [2.05, 4.69) is 4.90 Å². The number of halogens is 1. The highest BCUT2D eigenvalue weighted by atomic mass is 35.5. The number of nitrogens with two attached hydrogens (primary N) is 1. The maximum atomic E-state index is 12.0. The summed E-state index contributed by atoms with van der Waals surface area (Å²) < 4.78 is 0. The predicted octanol–water partition coefficient (Wildman–Crippen LogP) is 1.58. The fourth-order valence-electron chi connectivity index (χ4n) is 2.29. The van der Waals surface area contributed by atoms with E-state index in [1.165, 1.54) is 0 Å². The van der Waals surface area contributed by atoms with Gasteiger partial charge in [-0.3, -0.25) is 4.79 Å². The van der Waals surface area contributed by atoms with Crippen LogP contribution in [0.25, 0.3) is 0 Å². The van der Waals surface area contributed by atoms with Gasteiger partial charge in [-0.2, -0.15) is 0 Å². The van der Waals surface area contributed by atoms with Crippen molar-refractivity contribution in [2.45, 2.75) is 6.92 Å². The molecule has 0 saturated carbocycles. The number of nitrogens with zero attached hydrogens (tertiary/aromatic N) is 2. The number of hydrogen-bond donors (Lipinski definition) is 1. The molecule has 1 unspecified atom stereocenters. The second kappa shape index (κ2) is 6.26. The Balaban J connectivity index is 1.96. The lowest BCUT2D eigenvalue weighted by atomic mass is 10.1. The van der Waals surface area contributed by atoms with E-state index in [-0.39, 0.29) is 11.8 Å². The molecule has 2 N–H and O–H groups in total. The van der Waals surface area contributed by atoms with Crippen LogP contribution in [0, 0.1) is 5.92 Å². The Morgan fingerprint density at radius 2 is 1.95 bits per heavy atom. The van der Waals surface area contributed by atoms with Crippen molar-refractivity contribution in [2.24, 2.45) is 11.7 Å². The van der Waals surface area contributed by atoms with Gasteiger partial charge in [0.05, 0.1) is 10.7 Å². The smallest absolute Gasteiger partial charge is 0.226 e. The minimum absolute atomic E-state index is 0.0909. The average Bonchev–Trinajstić information content (AvgIpc) is 2.46. The molecule has 1 fully saturated rings. The average molecular weight is 282 g/mol. The summed E-state index contributed by atoms with van der Waals surface area (Å²) in [7, 11) is 0. The normalized spacial score (nSPS) is 17.4. The number of para-hydroxylation sites is 1. The Morgan fingerprint density at radius 1 is 1.32 bits per heavy atom. The van der Waals surface area contributed by atoms with Crippen LogP contribution in [-0.2, 0) is 4.79 Å². The lowest BCUT2D eigenvalue weighted by Crippen LogP contribution is -2.51. The van der Waals surface area contributed by atoms with Crippen LogP contribution in [0.15, 0.2) is 24.3 Å². The van der Waals surface area contributed by atoms with E-state index in [1.807, 2.05) is 36.1 Å². The molecule has 1 saturated heterocycles. The zero-order chi connectivity index (χ0) is 13.8. The summed E-state index contributed by atoms with van der Waals surface area (Å²) in [6.45, 7) is 5.37. The maximum Gasteiger partial charge on any atom is 0.226 e. The minimum atomic E-state index is -0.0909. The number of piperazine rings is 1. The molecule has 1 aliphatic heterocycles. The number of anilines is 1.